The van der Waals surface area contributed by atoms with Gasteiger partial charge in [-0.15, -0.1) is 0 Å². The number of aromatic nitrogens is 2. The maximum atomic E-state index is 14.2. The fourth-order valence-electron chi connectivity index (χ4n) is 3.18. The summed E-state index contributed by atoms with van der Waals surface area (Å²) < 4.78 is 51.7. The molecular weight excluding hydrogens is 410 g/mol. The highest BCUT2D eigenvalue weighted by molar-refractivity contribution is 8.00. The summed E-state index contributed by atoms with van der Waals surface area (Å²) >= 11 is -0.516. The Morgan fingerprint density at radius 2 is 1.93 bits per heavy atom. The smallest absolute Gasteiger partial charge is 0.344 e. The highest BCUT2D eigenvalue weighted by atomic mass is 32.2. The molecule has 0 radical (unpaired) electrons. The van der Waals surface area contributed by atoms with Crippen molar-refractivity contribution < 1.29 is 22.4 Å². The number of alkyl halides is 3. The van der Waals surface area contributed by atoms with Crippen LogP contribution in [0.4, 0.5) is 17.6 Å². The van der Waals surface area contributed by atoms with Crippen LogP contribution < -0.4 is 10.9 Å². The molecule has 0 unspecified atom stereocenters. The van der Waals surface area contributed by atoms with Gasteiger partial charge < -0.3 is 10.3 Å². The van der Waals surface area contributed by atoms with Gasteiger partial charge in [-0.2, -0.15) is 13.2 Å². The fourth-order valence-corrected chi connectivity index (χ4v) is 3.72. The maximum absolute atomic E-state index is 14.2. The number of nitrogens with zero attached hydrogens (tertiary/aromatic N) is 1. The Morgan fingerprint density at radius 3 is 2.52 bits per heavy atom. The molecule has 0 spiro atoms. The Labute approximate surface area is 167 Å². The van der Waals surface area contributed by atoms with Crippen molar-refractivity contribution in [2.24, 2.45) is 5.92 Å². The lowest BCUT2D eigenvalue weighted by atomic mass is 10.0. The Kier molecular flexibility index (Phi) is 5.14. The molecule has 154 valence electrons. The molecule has 4 rings (SSSR count). The quantitative estimate of drug-likeness (QED) is 0.533. The van der Waals surface area contributed by atoms with E-state index < -0.39 is 45.5 Å². The minimum atomic E-state index is -4.59. The van der Waals surface area contributed by atoms with Gasteiger partial charge in [0.1, 0.15) is 17.3 Å². The number of hydrogen-bond donors (Lipinski definition) is 2. The Balaban J connectivity index is 1.55. The summed E-state index contributed by atoms with van der Waals surface area (Å²) in [4.78, 5) is 30.8. The van der Waals surface area contributed by atoms with E-state index in [1.807, 2.05) is 0 Å². The number of H-pyrrole nitrogens is 1. The lowest BCUT2D eigenvalue weighted by molar-refractivity contribution is -0.0329. The number of hydrogen-bond acceptors (Lipinski definition) is 4. The summed E-state index contributed by atoms with van der Waals surface area (Å²) in [6.45, 7) is 0. The minimum Gasteiger partial charge on any atom is -0.344 e. The largest absolute Gasteiger partial charge is 0.446 e. The molecular formula is C19H17F4N3O2S. The first-order chi connectivity index (χ1) is 13.7. The van der Waals surface area contributed by atoms with Gasteiger partial charge in [-0.25, -0.2) is 9.37 Å². The van der Waals surface area contributed by atoms with Gasteiger partial charge in [0.05, 0.1) is 10.9 Å². The van der Waals surface area contributed by atoms with Crippen LogP contribution in [-0.2, 0) is 0 Å². The summed E-state index contributed by atoms with van der Waals surface area (Å²) in [6, 6.07) is 4.03. The molecule has 1 heterocycles. The summed E-state index contributed by atoms with van der Waals surface area (Å²) in [7, 11) is 0. The van der Waals surface area contributed by atoms with Crippen molar-refractivity contribution in [1.82, 2.24) is 15.3 Å². The molecule has 2 aliphatic carbocycles. The van der Waals surface area contributed by atoms with Crippen LogP contribution in [0.25, 0.3) is 0 Å². The lowest BCUT2D eigenvalue weighted by Crippen LogP contribution is -2.32. The molecule has 2 fully saturated rings. The minimum absolute atomic E-state index is 0.0222. The summed E-state index contributed by atoms with van der Waals surface area (Å²) in [5, 5.41) is 2.77. The van der Waals surface area contributed by atoms with Gasteiger partial charge in [-0.3, -0.25) is 9.59 Å². The van der Waals surface area contributed by atoms with Crippen molar-refractivity contribution in [3.8, 4) is 0 Å². The Hall–Kier alpha value is -2.36. The second-order valence-electron chi connectivity index (χ2n) is 7.32. The number of carbonyl (C=O) groups is 1. The zero-order chi connectivity index (χ0) is 20.8. The fraction of sp³-hybridized carbons (Fsp3) is 0.421. The number of nitrogens with one attached hydrogen (secondary N) is 2. The molecule has 2 aromatic rings. The standard InChI is InChI=1S/C19H17F4N3O2S/c20-12-7-11(5-6-14(12)29-19(21,22)23)16(9-1-2-9)26-18(28)13-8-15(27)25-17(24-13)10-3-4-10/h5-10,16H,1-4H2,(H,26,28)(H,24,25,27)/t16-/m1/s1. The number of halogens is 4. The van der Waals surface area contributed by atoms with Crippen molar-refractivity contribution in [3.05, 3.63) is 57.5 Å². The van der Waals surface area contributed by atoms with E-state index in [2.05, 4.69) is 15.3 Å². The molecule has 5 nitrogen and oxygen atoms in total. The van der Waals surface area contributed by atoms with E-state index in [1.54, 1.807) is 0 Å². The second-order valence-corrected chi connectivity index (χ2v) is 8.42. The molecule has 1 aromatic heterocycles. The third-order valence-electron chi connectivity index (χ3n) is 4.88. The third kappa shape index (κ3) is 4.98. The van der Waals surface area contributed by atoms with Gasteiger partial charge in [0.2, 0.25) is 0 Å². The van der Waals surface area contributed by atoms with Crippen molar-refractivity contribution in [2.45, 2.75) is 48.0 Å². The van der Waals surface area contributed by atoms with Crippen LogP contribution in [0.15, 0.2) is 34.0 Å². The van der Waals surface area contributed by atoms with E-state index in [-0.39, 0.29) is 17.5 Å². The first-order valence-corrected chi connectivity index (χ1v) is 9.98. The van der Waals surface area contributed by atoms with Crippen LogP contribution >= 0.6 is 11.8 Å². The van der Waals surface area contributed by atoms with E-state index in [4.69, 9.17) is 0 Å². The predicted molar refractivity (Wildman–Crippen MR) is 98.1 cm³/mol. The van der Waals surface area contributed by atoms with Crippen LogP contribution in [0.2, 0.25) is 0 Å². The van der Waals surface area contributed by atoms with Gasteiger partial charge >= 0.3 is 5.51 Å². The number of aromatic amines is 1. The molecule has 0 aliphatic heterocycles. The molecule has 1 atom stereocenters. The Morgan fingerprint density at radius 1 is 1.21 bits per heavy atom. The zero-order valence-electron chi connectivity index (χ0n) is 15.1. The zero-order valence-corrected chi connectivity index (χ0v) is 15.9. The molecule has 2 aliphatic rings. The number of thioether (sulfide) groups is 1. The highest BCUT2D eigenvalue weighted by Crippen LogP contribution is 2.43. The number of carbonyl (C=O) groups excluding carboxylic acids is 1. The van der Waals surface area contributed by atoms with Crippen LogP contribution in [-0.4, -0.2) is 21.4 Å². The van der Waals surface area contributed by atoms with E-state index in [0.29, 0.717) is 11.4 Å². The molecule has 0 saturated heterocycles. The van der Waals surface area contributed by atoms with Crippen LogP contribution in [0.5, 0.6) is 0 Å². The Bertz CT molecular complexity index is 1000. The average molecular weight is 427 g/mol. The van der Waals surface area contributed by atoms with Crippen molar-refractivity contribution >= 4 is 17.7 Å². The first kappa shape index (κ1) is 19.9. The van der Waals surface area contributed by atoms with Gasteiger partial charge in [0.25, 0.3) is 11.5 Å². The molecule has 0 bridgehead atoms. The summed E-state index contributed by atoms with van der Waals surface area (Å²) in [5.41, 5.74) is -4.64. The summed E-state index contributed by atoms with van der Waals surface area (Å²) in [5.74, 6) is -0.865. The molecule has 10 heteroatoms. The van der Waals surface area contributed by atoms with Gasteiger partial charge in [0.15, 0.2) is 0 Å². The first-order valence-electron chi connectivity index (χ1n) is 9.17. The highest BCUT2D eigenvalue weighted by Gasteiger charge is 2.36. The van der Waals surface area contributed by atoms with Gasteiger partial charge in [-0.1, -0.05) is 6.07 Å². The third-order valence-corrected chi connectivity index (χ3v) is 5.66. The van der Waals surface area contributed by atoms with E-state index in [1.165, 1.54) is 6.07 Å². The molecule has 2 saturated carbocycles. The van der Waals surface area contributed by atoms with Crippen LogP contribution in [0.3, 0.4) is 0 Å². The van der Waals surface area contributed by atoms with Gasteiger partial charge in [-0.05, 0) is 61.1 Å². The average Bonchev–Trinajstić information content (AvgIpc) is 3.53. The van der Waals surface area contributed by atoms with E-state index >= 15 is 0 Å². The van der Waals surface area contributed by atoms with E-state index in [9.17, 15) is 27.2 Å². The van der Waals surface area contributed by atoms with Crippen molar-refractivity contribution in [1.29, 1.82) is 0 Å². The molecule has 1 amide bonds. The van der Waals surface area contributed by atoms with Crippen molar-refractivity contribution in [3.63, 3.8) is 0 Å². The monoisotopic (exact) mass is 427 g/mol. The van der Waals surface area contributed by atoms with Crippen molar-refractivity contribution in [2.75, 3.05) is 0 Å². The molecule has 1 aromatic carbocycles. The number of rotatable bonds is 6. The second kappa shape index (κ2) is 7.47. The summed E-state index contributed by atoms with van der Waals surface area (Å²) in [6.07, 6.45) is 3.42. The number of benzene rings is 1. The maximum Gasteiger partial charge on any atom is 0.446 e. The molecule has 29 heavy (non-hydrogen) atoms. The van der Waals surface area contributed by atoms with Crippen LogP contribution in [0.1, 0.15) is 59.5 Å². The SMILES string of the molecule is O=C(N[C@@H](c1ccc(SC(F)(F)F)c(F)c1)C1CC1)c1cc(=O)[nH]c(C2CC2)n1. The van der Waals surface area contributed by atoms with Crippen LogP contribution in [0, 0.1) is 11.7 Å². The predicted octanol–water partition coefficient (Wildman–Crippen LogP) is 4.28. The number of amides is 1. The normalized spacial score (nSPS) is 17.8. The van der Waals surface area contributed by atoms with Gasteiger partial charge in [0, 0.05) is 12.0 Å². The topological polar surface area (TPSA) is 74.8 Å². The van der Waals surface area contributed by atoms with E-state index in [0.717, 1.165) is 43.9 Å². The lowest BCUT2D eigenvalue weighted by Gasteiger charge is -2.19. The molecule has 2 N–H and O–H groups in total.